The molecule has 0 N–H and O–H groups in total. The van der Waals surface area contributed by atoms with E-state index in [0.29, 0.717) is 23.1 Å². The summed E-state index contributed by atoms with van der Waals surface area (Å²) in [5.41, 5.74) is 23.3. The first-order valence-corrected chi connectivity index (χ1v) is 44.3. The van der Waals surface area contributed by atoms with Crippen molar-refractivity contribution in [2.45, 2.75) is 13.8 Å². The van der Waals surface area contributed by atoms with Crippen LogP contribution in [-0.4, -0.2) is 23.1 Å². The second-order valence-corrected chi connectivity index (χ2v) is 36.4. The van der Waals surface area contributed by atoms with E-state index in [1.807, 2.05) is 46.9 Å². The third-order valence-corrected chi connectivity index (χ3v) is 29.8. The van der Waals surface area contributed by atoms with E-state index in [0.717, 1.165) is 66.9 Å². The second kappa shape index (κ2) is 29.4. The minimum Gasteiger partial charge on any atom is -0.135 e. The quantitative estimate of drug-likeness (QED) is 0.0478. The van der Waals surface area contributed by atoms with Crippen molar-refractivity contribution >= 4 is 172 Å². The molecule has 0 spiro atoms. The molecule has 4 nitrogen and oxygen atoms in total. The predicted octanol–water partition coefficient (Wildman–Crippen LogP) is 27.7. The molecule has 1 aliphatic heterocycles. The number of amidine groups is 2. The molecule has 118 heavy (non-hydrogen) atoms. The molecule has 556 valence electrons. The van der Waals surface area contributed by atoms with Crippen LogP contribution >= 0.6 is 34.0 Å². The molecular weight excluding hydrogens is 1600 g/mol. The van der Waals surface area contributed by atoms with Crippen LogP contribution in [0.4, 0.5) is 0 Å². The Bertz CT molecular complexity index is 7950. The van der Waals surface area contributed by atoms with E-state index in [-0.39, 0.29) is 0 Å². The summed E-state index contributed by atoms with van der Waals surface area (Å²) in [5, 5.41) is 17.3. The van der Waals surface area contributed by atoms with Crippen molar-refractivity contribution in [3.05, 3.63) is 418 Å². The van der Waals surface area contributed by atoms with Crippen LogP contribution in [0.2, 0.25) is 0 Å². The van der Waals surface area contributed by atoms with E-state index in [9.17, 15) is 0 Å². The van der Waals surface area contributed by atoms with Gasteiger partial charge in [0.25, 0.3) is 0 Å². The first-order valence-electron chi connectivity index (χ1n) is 39.7. The number of hydrogen-bond donors (Lipinski definition) is 0. The van der Waals surface area contributed by atoms with E-state index < -0.39 is 21.2 Å². The van der Waals surface area contributed by atoms with Gasteiger partial charge in [-0.1, -0.05) is 176 Å². The molecule has 0 fully saturated rings. The van der Waals surface area contributed by atoms with Crippen molar-refractivity contribution in [1.82, 2.24) is 0 Å². The fourth-order valence-corrected chi connectivity index (χ4v) is 24.1. The van der Waals surface area contributed by atoms with E-state index >= 15 is 0 Å². The summed E-state index contributed by atoms with van der Waals surface area (Å²) in [4.78, 5) is 21.8. The van der Waals surface area contributed by atoms with Gasteiger partial charge in [0.05, 0.1) is 5.70 Å². The summed E-state index contributed by atoms with van der Waals surface area (Å²) >= 11 is 4.88. The summed E-state index contributed by atoms with van der Waals surface area (Å²) in [5.74, 6) is 1.22. The monoisotopic (exact) mass is 1670 g/mol. The molecular formula is C110H70IN4S3-. The van der Waals surface area contributed by atoms with Crippen molar-refractivity contribution in [3.63, 3.8) is 0 Å². The summed E-state index contributed by atoms with van der Waals surface area (Å²) in [6, 6.07) is 133. The van der Waals surface area contributed by atoms with Gasteiger partial charge in [0.1, 0.15) is 0 Å². The third-order valence-electron chi connectivity index (χ3n) is 23.3. The number of rotatable bonds is 13. The number of aliphatic imine (C=N–C) groups is 4. The Hall–Kier alpha value is -13.5. The van der Waals surface area contributed by atoms with E-state index in [2.05, 4.69) is 360 Å². The van der Waals surface area contributed by atoms with Crippen LogP contribution in [0.1, 0.15) is 47.2 Å². The van der Waals surface area contributed by atoms with Gasteiger partial charge >= 0.3 is 357 Å². The molecule has 4 heterocycles. The molecule has 0 amide bonds. The fraction of sp³-hybridized carbons (Fsp3) is 0.0182. The van der Waals surface area contributed by atoms with Gasteiger partial charge in [-0.25, -0.2) is 4.99 Å². The molecule has 18 aromatic carbocycles. The van der Waals surface area contributed by atoms with Crippen LogP contribution in [0.25, 0.3) is 182 Å². The van der Waals surface area contributed by atoms with Crippen molar-refractivity contribution < 1.29 is 21.2 Å². The largest absolute Gasteiger partial charge is 0.135 e. The van der Waals surface area contributed by atoms with E-state index in [1.54, 1.807) is 11.3 Å². The molecule has 0 bridgehead atoms. The van der Waals surface area contributed by atoms with Gasteiger partial charge in [-0.05, 0) is 104 Å². The number of hydrogen-bond acceptors (Lipinski definition) is 5. The van der Waals surface area contributed by atoms with Gasteiger partial charge in [-0.3, -0.25) is 0 Å². The van der Waals surface area contributed by atoms with Crippen molar-refractivity contribution in [3.8, 4) is 66.8 Å². The molecule has 0 aliphatic carbocycles. The molecule has 0 atom stereocenters. The van der Waals surface area contributed by atoms with Crippen LogP contribution in [0.5, 0.6) is 0 Å². The van der Waals surface area contributed by atoms with Gasteiger partial charge in [0.15, 0.2) is 0 Å². The Morgan fingerprint density at radius 1 is 0.254 bits per heavy atom. The summed E-state index contributed by atoms with van der Waals surface area (Å²) in [6.07, 6.45) is 0. The first kappa shape index (κ1) is 71.1. The molecule has 1 aliphatic rings. The smallest absolute Gasteiger partial charge is 0.0361 e. The normalized spacial score (nSPS) is 12.8. The maximum absolute atomic E-state index is 5.61. The molecule has 22 rings (SSSR count). The van der Waals surface area contributed by atoms with Crippen LogP contribution < -0.4 is 21.2 Å². The molecule has 0 radical (unpaired) electrons. The van der Waals surface area contributed by atoms with Gasteiger partial charge in [-0.15, -0.1) is 22.7 Å². The van der Waals surface area contributed by atoms with E-state index in [1.165, 1.54) is 155 Å². The Morgan fingerprint density at radius 3 is 1.47 bits per heavy atom. The number of benzene rings is 18. The summed E-state index contributed by atoms with van der Waals surface area (Å²) in [6.45, 7) is 13.5. The van der Waals surface area contributed by atoms with Crippen LogP contribution in [-0.2, 0) is 0 Å². The third kappa shape index (κ3) is 12.5. The number of fused-ring (bicyclic) bond motifs is 18. The maximum Gasteiger partial charge on any atom is 0.0361 e. The van der Waals surface area contributed by atoms with Crippen molar-refractivity contribution in [2.75, 3.05) is 0 Å². The minimum atomic E-state index is -0.583. The molecule has 8 heteroatoms. The molecule has 0 unspecified atom stereocenters. The number of nitrogens with zero attached hydrogens (tertiary/aromatic N) is 4. The van der Waals surface area contributed by atoms with Gasteiger partial charge in [0.2, 0.25) is 0 Å². The molecule has 21 aromatic rings. The molecule has 0 saturated heterocycles. The predicted molar refractivity (Wildman–Crippen MR) is 506 cm³/mol. The van der Waals surface area contributed by atoms with E-state index in [4.69, 9.17) is 26.5 Å². The van der Waals surface area contributed by atoms with Crippen LogP contribution in [0, 0.1) is 7.14 Å². The SMILES string of the molecule is C=C(N=C(N=C(C)c1cccc2c1sc1ccc(-c3cc4c(c(-c5ccc(C(=C)N=C(N=C(C)c6ccccc6)c6cccc7sc8ccccc8c67)cc5)c3)-c3cc(-c5cc6ccccc6c6ccccc56)ccc3[I-]4)cc12)c1cccc(-c2cccc3sc4ccc(-c5cc6ccccc6c6ccccc56)cc4c23)c1)c1ccccc1. The molecule has 0 saturated carbocycles. The van der Waals surface area contributed by atoms with Crippen molar-refractivity contribution in [2.24, 2.45) is 20.0 Å². The standard InChI is InChI=1S/C110H70IN4S3/c1-65(69-25-7-5-8-26-69)112-109(79-32-21-31-74(57-79)84-41-23-45-103-106(84)97-62-78(53-56-102(97)117-103)93-60-76-30-12-14-34-83(76)86-36-16-18-38-88(86)93)115-68(4)81-40-22-42-89-95-58-73(52-55-101(95)118-108(81)89)80-63-94(105-96-61-77(51-54-98(96)111-99(105)64-80)92-59-75-29-11-13-33-82(75)85-35-15-17-37-87(85)92)72-49-47-71(48-50-72)67(3)114-110(113-66(2)70-27-9-6-10-28-70)91-43-24-46-104-107(91)90-39-19-20-44-100(90)116-104/h5-64H,1,3H2,2,4H3/q-1. The number of halogens is 1. The Balaban J connectivity index is 0.643. The molecule has 3 aromatic heterocycles. The average molecular weight is 1670 g/mol. The fourth-order valence-electron chi connectivity index (χ4n) is 17.6. The Morgan fingerprint density at radius 2 is 0.746 bits per heavy atom. The summed E-state index contributed by atoms with van der Waals surface area (Å²) < 4.78 is 10.1. The van der Waals surface area contributed by atoms with Gasteiger partial charge < -0.3 is 0 Å². The van der Waals surface area contributed by atoms with Crippen molar-refractivity contribution in [1.29, 1.82) is 0 Å². The Labute approximate surface area is 705 Å². The summed E-state index contributed by atoms with van der Waals surface area (Å²) in [7, 11) is 0. The van der Waals surface area contributed by atoms with Crippen LogP contribution in [0.15, 0.2) is 397 Å². The number of thiophene rings is 3. The topological polar surface area (TPSA) is 49.4 Å². The first-order chi connectivity index (χ1) is 58.1. The van der Waals surface area contributed by atoms with Crippen LogP contribution in [0.3, 0.4) is 0 Å². The Kier molecular flexibility index (Phi) is 17.7. The average Bonchev–Trinajstić information content (AvgIpc) is 1.54. The van der Waals surface area contributed by atoms with Gasteiger partial charge in [0, 0.05) is 40.5 Å². The maximum atomic E-state index is 5.61. The minimum absolute atomic E-state index is 0.583. The second-order valence-electron chi connectivity index (χ2n) is 30.4. The van der Waals surface area contributed by atoms with Gasteiger partial charge in [-0.2, -0.15) is 0 Å². The zero-order valence-corrected chi connectivity index (χ0v) is 69.1. The zero-order chi connectivity index (χ0) is 78.6. The zero-order valence-electron chi connectivity index (χ0n) is 64.4.